The highest BCUT2D eigenvalue weighted by atomic mass is 35.5. The number of halogens is 1. The van der Waals surface area contributed by atoms with Gasteiger partial charge in [-0.2, -0.15) is 0 Å². The molecule has 1 fully saturated rings. The van der Waals surface area contributed by atoms with Gasteiger partial charge in [-0.1, -0.05) is 11.6 Å². The number of carbonyl (C=O) groups is 1. The van der Waals surface area contributed by atoms with Gasteiger partial charge < -0.3 is 20.1 Å². The van der Waals surface area contributed by atoms with Crippen LogP contribution in [0.3, 0.4) is 0 Å². The number of carbonyl (C=O) groups excluding carboxylic acids is 1. The second-order valence-corrected chi connectivity index (χ2v) is 4.73. The highest BCUT2D eigenvalue weighted by molar-refractivity contribution is 6.32. The van der Waals surface area contributed by atoms with Gasteiger partial charge in [0.25, 0.3) is 0 Å². The maximum Gasteiger partial charge on any atom is 0.241 e. The van der Waals surface area contributed by atoms with Gasteiger partial charge in [-0.3, -0.25) is 4.79 Å². The van der Waals surface area contributed by atoms with Crippen molar-refractivity contribution in [1.29, 1.82) is 0 Å². The Morgan fingerprint density at radius 2 is 2.11 bits per heavy atom. The molecule has 0 aromatic heterocycles. The molecule has 1 amide bonds. The Bertz CT molecular complexity index is 473. The first kappa shape index (κ1) is 14.0. The van der Waals surface area contributed by atoms with Gasteiger partial charge in [-0.05, 0) is 25.5 Å². The summed E-state index contributed by atoms with van der Waals surface area (Å²) in [7, 11) is 3.06. The van der Waals surface area contributed by atoms with E-state index in [2.05, 4.69) is 10.6 Å². The molecule has 0 radical (unpaired) electrons. The lowest BCUT2D eigenvalue weighted by molar-refractivity contribution is -0.117. The van der Waals surface area contributed by atoms with Crippen LogP contribution < -0.4 is 20.1 Å². The number of methoxy groups -OCH3 is 2. The molecule has 1 aliphatic heterocycles. The average Bonchev–Trinajstić information content (AvgIpc) is 2.93. The third-order valence-corrected chi connectivity index (χ3v) is 3.40. The van der Waals surface area contributed by atoms with Gasteiger partial charge in [0.05, 0.1) is 31.0 Å². The third kappa shape index (κ3) is 3.11. The van der Waals surface area contributed by atoms with E-state index in [4.69, 9.17) is 21.1 Å². The van der Waals surface area contributed by atoms with Crippen LogP contribution >= 0.6 is 11.6 Å². The van der Waals surface area contributed by atoms with Crippen molar-refractivity contribution in [2.45, 2.75) is 18.9 Å². The predicted molar refractivity (Wildman–Crippen MR) is 74.2 cm³/mol. The topological polar surface area (TPSA) is 59.6 Å². The van der Waals surface area contributed by atoms with Crippen molar-refractivity contribution in [2.75, 3.05) is 26.1 Å². The summed E-state index contributed by atoms with van der Waals surface area (Å²) in [5.41, 5.74) is 0.548. The number of hydrogen-bond acceptors (Lipinski definition) is 4. The predicted octanol–water partition coefficient (Wildman–Crippen LogP) is 2.05. The minimum absolute atomic E-state index is 0.0722. The second kappa shape index (κ2) is 6.12. The lowest BCUT2D eigenvalue weighted by Gasteiger charge is -2.15. The molecule has 1 aliphatic rings. The summed E-state index contributed by atoms with van der Waals surface area (Å²) in [6.45, 7) is 0.874. The molecule has 19 heavy (non-hydrogen) atoms. The third-order valence-electron chi connectivity index (χ3n) is 3.11. The molecule has 0 aliphatic carbocycles. The van der Waals surface area contributed by atoms with Gasteiger partial charge in [0, 0.05) is 6.07 Å². The van der Waals surface area contributed by atoms with Crippen LogP contribution in [-0.2, 0) is 4.79 Å². The fourth-order valence-electron chi connectivity index (χ4n) is 2.09. The Balaban J connectivity index is 2.18. The Morgan fingerprint density at radius 3 is 2.68 bits per heavy atom. The van der Waals surface area contributed by atoms with E-state index in [1.54, 1.807) is 12.1 Å². The Hall–Kier alpha value is -1.46. The van der Waals surface area contributed by atoms with Crippen LogP contribution in [0, 0.1) is 0 Å². The normalized spacial score (nSPS) is 18.2. The van der Waals surface area contributed by atoms with Gasteiger partial charge in [0.15, 0.2) is 0 Å². The monoisotopic (exact) mass is 284 g/mol. The van der Waals surface area contributed by atoms with Crippen molar-refractivity contribution < 1.29 is 14.3 Å². The van der Waals surface area contributed by atoms with E-state index in [0.717, 1.165) is 19.4 Å². The zero-order valence-electron chi connectivity index (χ0n) is 11.0. The van der Waals surface area contributed by atoms with E-state index in [9.17, 15) is 4.79 Å². The first-order chi connectivity index (χ1) is 9.15. The van der Waals surface area contributed by atoms with Crippen molar-refractivity contribution in [3.8, 4) is 11.5 Å². The summed E-state index contributed by atoms with van der Waals surface area (Å²) < 4.78 is 10.3. The first-order valence-electron chi connectivity index (χ1n) is 6.11. The molecule has 2 rings (SSSR count). The van der Waals surface area contributed by atoms with Crippen LogP contribution in [-0.4, -0.2) is 32.7 Å². The smallest absolute Gasteiger partial charge is 0.241 e. The van der Waals surface area contributed by atoms with Crippen LogP contribution in [0.15, 0.2) is 12.1 Å². The van der Waals surface area contributed by atoms with E-state index in [0.29, 0.717) is 22.2 Å². The van der Waals surface area contributed by atoms with Gasteiger partial charge in [-0.15, -0.1) is 0 Å². The molecule has 1 aromatic rings. The van der Waals surface area contributed by atoms with Crippen LogP contribution in [0.25, 0.3) is 0 Å². The van der Waals surface area contributed by atoms with Gasteiger partial charge in [-0.25, -0.2) is 0 Å². The minimum Gasteiger partial charge on any atom is -0.495 e. The Labute approximate surface area is 117 Å². The van der Waals surface area contributed by atoms with Gasteiger partial charge in [0.2, 0.25) is 5.91 Å². The molecule has 1 saturated heterocycles. The van der Waals surface area contributed by atoms with Crippen molar-refractivity contribution in [3.63, 3.8) is 0 Å². The van der Waals surface area contributed by atoms with Crippen LogP contribution in [0.1, 0.15) is 12.8 Å². The van der Waals surface area contributed by atoms with Crippen molar-refractivity contribution in [2.24, 2.45) is 0 Å². The number of ether oxygens (including phenoxy) is 2. The quantitative estimate of drug-likeness (QED) is 0.888. The average molecular weight is 285 g/mol. The maximum atomic E-state index is 12.0. The summed E-state index contributed by atoms with van der Waals surface area (Å²) in [4.78, 5) is 12.0. The van der Waals surface area contributed by atoms with E-state index in [-0.39, 0.29) is 11.9 Å². The van der Waals surface area contributed by atoms with Gasteiger partial charge in [0.1, 0.15) is 11.5 Å². The maximum absolute atomic E-state index is 12.0. The molecule has 1 aromatic carbocycles. The first-order valence-corrected chi connectivity index (χ1v) is 6.49. The number of rotatable bonds is 4. The van der Waals surface area contributed by atoms with Crippen LogP contribution in [0.4, 0.5) is 5.69 Å². The van der Waals surface area contributed by atoms with Crippen molar-refractivity contribution >= 4 is 23.2 Å². The molecule has 0 spiro atoms. The van der Waals surface area contributed by atoms with E-state index >= 15 is 0 Å². The number of amides is 1. The summed E-state index contributed by atoms with van der Waals surface area (Å²) >= 11 is 6.05. The molecular weight excluding hydrogens is 268 g/mol. The highest BCUT2D eigenvalue weighted by Crippen LogP contribution is 2.36. The molecule has 2 N–H and O–H groups in total. The Kier molecular flexibility index (Phi) is 4.50. The van der Waals surface area contributed by atoms with Crippen LogP contribution in [0.5, 0.6) is 11.5 Å². The van der Waals surface area contributed by atoms with Crippen LogP contribution in [0.2, 0.25) is 5.02 Å². The van der Waals surface area contributed by atoms with E-state index in [1.807, 2.05) is 0 Å². The molecule has 0 saturated carbocycles. The molecule has 1 atom stereocenters. The van der Waals surface area contributed by atoms with Crippen molar-refractivity contribution in [1.82, 2.24) is 5.32 Å². The second-order valence-electron chi connectivity index (χ2n) is 4.33. The highest BCUT2D eigenvalue weighted by Gasteiger charge is 2.23. The molecule has 0 bridgehead atoms. The number of nitrogens with one attached hydrogen (secondary N) is 2. The summed E-state index contributed by atoms with van der Waals surface area (Å²) in [6, 6.07) is 3.14. The molecular formula is C13H17ClN2O3. The molecule has 0 unspecified atom stereocenters. The zero-order chi connectivity index (χ0) is 13.8. The lowest BCUT2D eigenvalue weighted by Crippen LogP contribution is -2.35. The zero-order valence-corrected chi connectivity index (χ0v) is 11.7. The lowest BCUT2D eigenvalue weighted by atomic mass is 10.2. The Morgan fingerprint density at radius 1 is 1.37 bits per heavy atom. The number of anilines is 1. The summed E-state index contributed by atoms with van der Waals surface area (Å²) in [5, 5.41) is 6.40. The molecule has 1 heterocycles. The molecule has 104 valence electrons. The largest absolute Gasteiger partial charge is 0.495 e. The molecule has 6 heteroatoms. The summed E-state index contributed by atoms with van der Waals surface area (Å²) in [5.74, 6) is 0.958. The summed E-state index contributed by atoms with van der Waals surface area (Å²) in [6.07, 6.45) is 1.86. The number of hydrogen-bond donors (Lipinski definition) is 2. The SMILES string of the molecule is COc1cc(OC)c(NC(=O)[C@H]2CCCN2)cc1Cl. The molecule has 5 nitrogen and oxygen atoms in total. The standard InChI is InChI=1S/C13H17ClN2O3/c1-18-11-7-12(19-2)10(6-8(11)14)16-13(17)9-4-3-5-15-9/h6-7,9,15H,3-5H2,1-2H3,(H,16,17)/t9-/m1/s1. The minimum atomic E-state index is -0.148. The van der Waals surface area contributed by atoms with E-state index < -0.39 is 0 Å². The van der Waals surface area contributed by atoms with Gasteiger partial charge >= 0.3 is 0 Å². The fourth-order valence-corrected chi connectivity index (χ4v) is 2.33. The van der Waals surface area contributed by atoms with E-state index in [1.165, 1.54) is 14.2 Å². The van der Waals surface area contributed by atoms with Crippen molar-refractivity contribution in [3.05, 3.63) is 17.2 Å². The number of benzene rings is 1. The fraction of sp³-hybridized carbons (Fsp3) is 0.462.